The molecule has 7 heteroatoms. The van der Waals surface area contributed by atoms with Crippen LogP contribution in [0.4, 0.5) is 13.2 Å². The van der Waals surface area contributed by atoms with E-state index in [1.54, 1.807) is 29.9 Å². The lowest BCUT2D eigenvalue weighted by molar-refractivity contribution is -0.150. The van der Waals surface area contributed by atoms with E-state index >= 15 is 0 Å². The van der Waals surface area contributed by atoms with Crippen LogP contribution in [-0.4, -0.2) is 20.6 Å². The van der Waals surface area contributed by atoms with Gasteiger partial charge in [0.2, 0.25) is 10.0 Å². The van der Waals surface area contributed by atoms with Crippen molar-refractivity contribution in [3.05, 3.63) is 42.0 Å². The normalized spacial score (nSPS) is 14.0. The Balaban J connectivity index is 2.63. The SMILES string of the molecule is CCCCCCC/C=C/CC(NS(=O)(=O)c1ccc(C)cc1)C(F)(F)F. The number of sulfonamides is 1. The molecule has 0 heterocycles. The zero-order valence-electron chi connectivity index (χ0n) is 15.3. The van der Waals surface area contributed by atoms with Crippen LogP contribution in [0.25, 0.3) is 0 Å². The number of aryl methyl sites for hydroxylation is 1. The number of allylic oxidation sites excluding steroid dienone is 1. The largest absolute Gasteiger partial charge is 0.405 e. The minimum atomic E-state index is -4.65. The zero-order valence-corrected chi connectivity index (χ0v) is 16.2. The highest BCUT2D eigenvalue weighted by molar-refractivity contribution is 7.89. The van der Waals surface area contributed by atoms with Crippen LogP contribution in [0.2, 0.25) is 0 Å². The third kappa shape index (κ3) is 8.36. The van der Waals surface area contributed by atoms with Crippen molar-refractivity contribution in [1.82, 2.24) is 4.72 Å². The number of rotatable bonds is 11. The number of nitrogens with one attached hydrogen (secondary N) is 1. The van der Waals surface area contributed by atoms with Gasteiger partial charge < -0.3 is 0 Å². The molecule has 1 aromatic carbocycles. The van der Waals surface area contributed by atoms with Gasteiger partial charge in [0.1, 0.15) is 6.04 Å². The van der Waals surface area contributed by atoms with Crippen molar-refractivity contribution in [1.29, 1.82) is 0 Å². The maximum absolute atomic E-state index is 13.2. The number of alkyl halides is 3. The summed E-state index contributed by atoms with van der Waals surface area (Å²) in [6, 6.07) is 3.57. The van der Waals surface area contributed by atoms with Crippen molar-refractivity contribution in [3.8, 4) is 0 Å². The summed E-state index contributed by atoms with van der Waals surface area (Å²) in [6.07, 6.45) is 4.19. The molecule has 0 saturated carbocycles. The topological polar surface area (TPSA) is 46.2 Å². The van der Waals surface area contributed by atoms with E-state index in [4.69, 9.17) is 0 Å². The molecule has 0 amide bonds. The first-order chi connectivity index (χ1) is 12.2. The fourth-order valence-corrected chi connectivity index (χ4v) is 3.67. The van der Waals surface area contributed by atoms with Gasteiger partial charge in [-0.1, -0.05) is 62.5 Å². The summed E-state index contributed by atoms with van der Waals surface area (Å²) in [6.45, 7) is 3.89. The second kappa shape index (κ2) is 10.7. The third-order valence-electron chi connectivity index (χ3n) is 4.04. The van der Waals surface area contributed by atoms with Gasteiger partial charge in [-0.15, -0.1) is 0 Å². The van der Waals surface area contributed by atoms with Gasteiger partial charge in [0, 0.05) is 0 Å². The lowest BCUT2D eigenvalue weighted by atomic mass is 10.1. The summed E-state index contributed by atoms with van der Waals surface area (Å²) in [5.41, 5.74) is 0.832. The van der Waals surface area contributed by atoms with E-state index in [0.717, 1.165) is 31.2 Å². The van der Waals surface area contributed by atoms with Crippen LogP contribution >= 0.6 is 0 Å². The van der Waals surface area contributed by atoms with E-state index < -0.39 is 28.7 Å². The monoisotopic (exact) mass is 391 g/mol. The molecule has 1 rings (SSSR count). The molecule has 1 atom stereocenters. The molecule has 26 heavy (non-hydrogen) atoms. The van der Waals surface area contributed by atoms with Crippen LogP contribution in [0.3, 0.4) is 0 Å². The molecule has 0 aliphatic carbocycles. The number of benzene rings is 1. The lowest BCUT2D eigenvalue weighted by Gasteiger charge is -2.20. The molecule has 0 aliphatic heterocycles. The van der Waals surface area contributed by atoms with Crippen LogP contribution in [-0.2, 0) is 10.0 Å². The predicted molar refractivity (Wildman–Crippen MR) is 98.5 cm³/mol. The molecule has 0 aromatic heterocycles. The van der Waals surface area contributed by atoms with Crippen molar-refractivity contribution < 1.29 is 21.6 Å². The van der Waals surface area contributed by atoms with Crippen molar-refractivity contribution in [2.75, 3.05) is 0 Å². The highest BCUT2D eigenvalue weighted by Gasteiger charge is 2.41. The highest BCUT2D eigenvalue weighted by atomic mass is 32.2. The van der Waals surface area contributed by atoms with Gasteiger partial charge in [0.05, 0.1) is 4.90 Å². The summed E-state index contributed by atoms with van der Waals surface area (Å²) in [7, 11) is -4.22. The lowest BCUT2D eigenvalue weighted by Crippen LogP contribution is -2.44. The maximum atomic E-state index is 13.2. The van der Waals surface area contributed by atoms with E-state index in [1.165, 1.54) is 24.6 Å². The van der Waals surface area contributed by atoms with Gasteiger partial charge in [0.15, 0.2) is 0 Å². The number of unbranched alkanes of at least 4 members (excludes halogenated alkanes) is 5. The minimum absolute atomic E-state index is 0.169. The quantitative estimate of drug-likeness (QED) is 0.399. The average molecular weight is 391 g/mol. The van der Waals surface area contributed by atoms with E-state index in [9.17, 15) is 21.6 Å². The van der Waals surface area contributed by atoms with Gasteiger partial charge in [0.25, 0.3) is 0 Å². The predicted octanol–water partition coefficient (Wildman–Crippen LogP) is 5.51. The Kier molecular flexibility index (Phi) is 9.36. The minimum Gasteiger partial charge on any atom is -0.207 e. The molecular weight excluding hydrogens is 363 g/mol. The van der Waals surface area contributed by atoms with Crippen LogP contribution < -0.4 is 4.72 Å². The Bertz CT molecular complexity index is 652. The molecule has 0 spiro atoms. The molecule has 1 unspecified atom stereocenters. The molecule has 148 valence electrons. The first-order valence-electron chi connectivity index (χ1n) is 8.97. The molecule has 0 bridgehead atoms. The van der Waals surface area contributed by atoms with Gasteiger partial charge in [-0.05, 0) is 38.3 Å². The van der Waals surface area contributed by atoms with Gasteiger partial charge in [-0.25, -0.2) is 8.42 Å². The molecule has 3 nitrogen and oxygen atoms in total. The standard InChI is InChI=1S/C19H28F3NO2S/c1-3-4-5-6-7-8-9-10-11-18(19(20,21)22)23-26(24,25)17-14-12-16(2)13-15-17/h9-10,12-15,18,23H,3-8,11H2,1-2H3/b10-9+. The Morgan fingerprint density at radius 1 is 1.04 bits per heavy atom. The second-order valence-electron chi connectivity index (χ2n) is 6.44. The van der Waals surface area contributed by atoms with Gasteiger partial charge >= 0.3 is 6.18 Å². The smallest absolute Gasteiger partial charge is 0.207 e. The third-order valence-corrected chi connectivity index (χ3v) is 5.52. The van der Waals surface area contributed by atoms with Crippen molar-refractivity contribution in [2.24, 2.45) is 0 Å². The molecule has 0 fully saturated rings. The molecular formula is C19H28F3NO2S. The molecule has 1 aromatic rings. The van der Waals surface area contributed by atoms with Crippen LogP contribution in [0.5, 0.6) is 0 Å². The summed E-state index contributed by atoms with van der Waals surface area (Å²) < 4.78 is 65.7. The van der Waals surface area contributed by atoms with Gasteiger partial charge in [-0.2, -0.15) is 17.9 Å². The van der Waals surface area contributed by atoms with E-state index in [2.05, 4.69) is 6.92 Å². The molecule has 0 radical (unpaired) electrons. The number of hydrogen-bond donors (Lipinski definition) is 1. The Morgan fingerprint density at radius 2 is 1.65 bits per heavy atom. The molecule has 0 saturated heterocycles. The summed E-state index contributed by atoms with van der Waals surface area (Å²) >= 11 is 0. The zero-order chi connectivity index (χ0) is 19.6. The van der Waals surface area contributed by atoms with E-state index in [-0.39, 0.29) is 4.90 Å². The first-order valence-corrected chi connectivity index (χ1v) is 10.5. The van der Waals surface area contributed by atoms with Crippen molar-refractivity contribution >= 4 is 10.0 Å². The van der Waals surface area contributed by atoms with E-state index in [1.807, 2.05) is 0 Å². The fourth-order valence-electron chi connectivity index (χ4n) is 2.44. The van der Waals surface area contributed by atoms with Crippen molar-refractivity contribution in [3.63, 3.8) is 0 Å². The molecule has 1 N–H and O–H groups in total. The summed E-state index contributed by atoms with van der Waals surface area (Å²) in [5.74, 6) is 0. The van der Waals surface area contributed by atoms with E-state index in [0.29, 0.717) is 6.42 Å². The Hall–Kier alpha value is -1.34. The summed E-state index contributed by atoms with van der Waals surface area (Å²) in [4.78, 5) is -0.169. The second-order valence-corrected chi connectivity index (χ2v) is 8.15. The van der Waals surface area contributed by atoms with Crippen LogP contribution in [0.15, 0.2) is 41.3 Å². The first kappa shape index (κ1) is 22.7. The van der Waals surface area contributed by atoms with Crippen molar-refractivity contribution in [2.45, 2.75) is 75.9 Å². The fraction of sp³-hybridized carbons (Fsp3) is 0.579. The molecule has 0 aliphatic rings. The highest BCUT2D eigenvalue weighted by Crippen LogP contribution is 2.25. The summed E-state index contributed by atoms with van der Waals surface area (Å²) in [5, 5.41) is 0. The van der Waals surface area contributed by atoms with Crippen LogP contribution in [0.1, 0.15) is 57.4 Å². The number of halogens is 3. The number of hydrogen-bond acceptors (Lipinski definition) is 2. The van der Waals surface area contributed by atoms with Crippen LogP contribution in [0, 0.1) is 6.92 Å². The maximum Gasteiger partial charge on any atom is 0.405 e. The Morgan fingerprint density at radius 3 is 2.23 bits per heavy atom. The van der Waals surface area contributed by atoms with Gasteiger partial charge in [-0.3, -0.25) is 0 Å². The average Bonchev–Trinajstić information content (AvgIpc) is 2.55. The Labute approximate surface area is 154 Å².